The van der Waals surface area contributed by atoms with Crippen LogP contribution in [0, 0.1) is 5.41 Å². The minimum Gasteiger partial charge on any atom is -0.170 e. The Labute approximate surface area is 57.7 Å². The van der Waals surface area contributed by atoms with E-state index in [0.29, 0.717) is 0 Å². The Bertz CT molecular complexity index is 151. The van der Waals surface area contributed by atoms with Crippen LogP contribution >= 0.6 is 0 Å². The van der Waals surface area contributed by atoms with E-state index in [1.165, 1.54) is 12.2 Å². The number of halogens is 3. The zero-order valence-electron chi connectivity index (χ0n) is 5.70. The summed E-state index contributed by atoms with van der Waals surface area (Å²) < 4.78 is 36.1. The first-order chi connectivity index (χ1) is 4.52. The van der Waals surface area contributed by atoms with E-state index < -0.39 is 11.6 Å². The first-order valence-electron chi connectivity index (χ1n) is 3.22. The molecule has 0 nitrogen and oxygen atoms in total. The molecule has 1 saturated carbocycles. The second-order valence-corrected chi connectivity index (χ2v) is 2.65. The lowest BCUT2D eigenvalue weighted by Crippen LogP contribution is -2.21. The summed E-state index contributed by atoms with van der Waals surface area (Å²) in [7, 11) is 0. The highest BCUT2D eigenvalue weighted by atomic mass is 19.4. The fourth-order valence-electron chi connectivity index (χ4n) is 0.998. The van der Waals surface area contributed by atoms with Crippen LogP contribution in [0.1, 0.15) is 19.8 Å². The molecular formula is C7H9F3. The van der Waals surface area contributed by atoms with Crippen LogP contribution < -0.4 is 0 Å². The third kappa shape index (κ3) is 1.04. The predicted octanol–water partition coefficient (Wildman–Crippen LogP) is 2.91. The average molecular weight is 150 g/mol. The third-order valence-corrected chi connectivity index (χ3v) is 1.84. The second kappa shape index (κ2) is 2.01. The minimum absolute atomic E-state index is 0.265. The molecule has 10 heavy (non-hydrogen) atoms. The van der Waals surface area contributed by atoms with E-state index in [2.05, 4.69) is 0 Å². The molecule has 1 aliphatic rings. The number of allylic oxidation sites excluding steroid dienone is 2. The van der Waals surface area contributed by atoms with E-state index in [1.807, 2.05) is 0 Å². The molecule has 0 heterocycles. The second-order valence-electron chi connectivity index (χ2n) is 2.65. The number of hydrogen-bond acceptors (Lipinski definition) is 0. The first-order valence-corrected chi connectivity index (χ1v) is 3.22. The largest absolute Gasteiger partial charge is 0.397 e. The molecule has 3 heteroatoms. The maximum Gasteiger partial charge on any atom is 0.397 e. The zero-order valence-corrected chi connectivity index (χ0v) is 5.70. The molecule has 0 radical (unpaired) electrons. The molecule has 0 spiro atoms. The van der Waals surface area contributed by atoms with Gasteiger partial charge in [-0.3, -0.25) is 0 Å². The molecule has 1 rings (SSSR count). The first kappa shape index (κ1) is 7.63. The molecule has 0 bridgehead atoms. The Balaban J connectivity index is 2.70. The van der Waals surface area contributed by atoms with E-state index in [0.717, 1.165) is 0 Å². The van der Waals surface area contributed by atoms with Crippen LogP contribution in [0.15, 0.2) is 12.2 Å². The van der Waals surface area contributed by atoms with E-state index in [4.69, 9.17) is 0 Å². The van der Waals surface area contributed by atoms with Crippen LogP contribution in [0.5, 0.6) is 0 Å². The molecule has 0 N–H and O–H groups in total. The van der Waals surface area contributed by atoms with E-state index in [9.17, 15) is 13.2 Å². The molecule has 0 saturated heterocycles. The van der Waals surface area contributed by atoms with Gasteiger partial charge < -0.3 is 0 Å². The van der Waals surface area contributed by atoms with Crippen molar-refractivity contribution in [3.63, 3.8) is 0 Å². The van der Waals surface area contributed by atoms with Crippen LogP contribution in [-0.2, 0) is 0 Å². The van der Waals surface area contributed by atoms with Gasteiger partial charge in [0.1, 0.15) is 0 Å². The standard InChI is InChI=1S/C7H9F3/c1-2-3-6(4-5-6)7(8,9)10/h2-3H,4-5H2,1H3/b3-2+. The van der Waals surface area contributed by atoms with Gasteiger partial charge in [0.05, 0.1) is 5.41 Å². The lowest BCUT2D eigenvalue weighted by molar-refractivity contribution is -0.171. The molecule has 0 atom stereocenters. The van der Waals surface area contributed by atoms with Crippen LogP contribution in [0.3, 0.4) is 0 Å². The van der Waals surface area contributed by atoms with Crippen LogP contribution in [0.2, 0.25) is 0 Å². The van der Waals surface area contributed by atoms with Gasteiger partial charge in [-0.15, -0.1) is 0 Å². The van der Waals surface area contributed by atoms with Crippen molar-refractivity contribution in [2.24, 2.45) is 5.41 Å². The summed E-state index contributed by atoms with van der Waals surface area (Å²) in [6.45, 7) is 1.62. The van der Waals surface area contributed by atoms with Crippen molar-refractivity contribution in [1.29, 1.82) is 0 Å². The highest BCUT2D eigenvalue weighted by Gasteiger charge is 2.61. The van der Waals surface area contributed by atoms with Crippen LogP contribution in [-0.4, -0.2) is 6.18 Å². The van der Waals surface area contributed by atoms with Crippen molar-refractivity contribution < 1.29 is 13.2 Å². The molecule has 0 unspecified atom stereocenters. The average Bonchev–Trinajstić information content (AvgIpc) is 2.45. The molecule has 0 amide bonds. The summed E-state index contributed by atoms with van der Waals surface area (Å²) in [4.78, 5) is 0. The number of rotatable bonds is 1. The van der Waals surface area contributed by atoms with Gasteiger partial charge in [0, 0.05) is 0 Å². The Morgan fingerprint density at radius 3 is 1.90 bits per heavy atom. The number of alkyl halides is 3. The topological polar surface area (TPSA) is 0 Å². The summed E-state index contributed by atoms with van der Waals surface area (Å²) in [5.41, 5.74) is -1.44. The van der Waals surface area contributed by atoms with Crippen molar-refractivity contribution in [2.75, 3.05) is 0 Å². The summed E-state index contributed by atoms with van der Waals surface area (Å²) in [5.74, 6) is 0. The van der Waals surface area contributed by atoms with Gasteiger partial charge in [-0.25, -0.2) is 0 Å². The normalized spacial score (nSPS) is 23.6. The highest BCUT2D eigenvalue weighted by Crippen LogP contribution is 2.58. The zero-order chi connectivity index (χ0) is 7.83. The molecule has 1 aliphatic carbocycles. The van der Waals surface area contributed by atoms with Crippen LogP contribution in [0.25, 0.3) is 0 Å². The van der Waals surface area contributed by atoms with Gasteiger partial charge in [-0.2, -0.15) is 13.2 Å². The lowest BCUT2D eigenvalue weighted by atomic mass is 10.1. The Hall–Kier alpha value is -0.470. The van der Waals surface area contributed by atoms with Gasteiger partial charge in [0.2, 0.25) is 0 Å². The van der Waals surface area contributed by atoms with Gasteiger partial charge >= 0.3 is 6.18 Å². The molecule has 0 aromatic rings. The summed E-state index contributed by atoms with van der Waals surface area (Å²) >= 11 is 0. The smallest absolute Gasteiger partial charge is 0.170 e. The predicted molar refractivity (Wildman–Crippen MR) is 32.5 cm³/mol. The molecule has 1 fully saturated rings. The fraction of sp³-hybridized carbons (Fsp3) is 0.714. The maximum atomic E-state index is 12.0. The molecule has 0 aromatic heterocycles. The molecule has 0 aromatic carbocycles. The van der Waals surface area contributed by atoms with Gasteiger partial charge in [0.25, 0.3) is 0 Å². The van der Waals surface area contributed by atoms with Crippen molar-refractivity contribution in [1.82, 2.24) is 0 Å². The Kier molecular flexibility index (Phi) is 1.53. The lowest BCUT2D eigenvalue weighted by Gasteiger charge is -2.13. The van der Waals surface area contributed by atoms with Crippen molar-refractivity contribution >= 4 is 0 Å². The Morgan fingerprint density at radius 2 is 1.80 bits per heavy atom. The van der Waals surface area contributed by atoms with E-state index in [-0.39, 0.29) is 12.8 Å². The van der Waals surface area contributed by atoms with E-state index >= 15 is 0 Å². The summed E-state index contributed by atoms with van der Waals surface area (Å²) in [6, 6.07) is 0. The number of hydrogen-bond donors (Lipinski definition) is 0. The van der Waals surface area contributed by atoms with Gasteiger partial charge in [-0.1, -0.05) is 12.2 Å². The molecular weight excluding hydrogens is 141 g/mol. The minimum atomic E-state index is -4.03. The van der Waals surface area contributed by atoms with Crippen molar-refractivity contribution in [3.8, 4) is 0 Å². The summed E-state index contributed by atoms with van der Waals surface area (Å²) in [5, 5.41) is 0. The monoisotopic (exact) mass is 150 g/mol. The van der Waals surface area contributed by atoms with E-state index in [1.54, 1.807) is 6.92 Å². The Morgan fingerprint density at radius 1 is 1.30 bits per heavy atom. The summed E-state index contributed by atoms with van der Waals surface area (Å²) in [6.07, 6.45) is -0.769. The third-order valence-electron chi connectivity index (χ3n) is 1.84. The fourth-order valence-corrected chi connectivity index (χ4v) is 0.998. The van der Waals surface area contributed by atoms with Gasteiger partial charge in [-0.05, 0) is 19.8 Å². The SMILES string of the molecule is C/C=C/C1(C(F)(F)F)CC1. The quantitative estimate of drug-likeness (QED) is 0.504. The molecule has 0 aliphatic heterocycles. The highest BCUT2D eigenvalue weighted by molar-refractivity contribution is 5.12. The van der Waals surface area contributed by atoms with Crippen LogP contribution in [0.4, 0.5) is 13.2 Å². The molecule has 58 valence electrons. The van der Waals surface area contributed by atoms with Crippen molar-refractivity contribution in [2.45, 2.75) is 25.9 Å². The van der Waals surface area contributed by atoms with Gasteiger partial charge in [0.15, 0.2) is 0 Å². The van der Waals surface area contributed by atoms with Crippen molar-refractivity contribution in [3.05, 3.63) is 12.2 Å². The maximum absolute atomic E-state index is 12.0.